The van der Waals surface area contributed by atoms with E-state index in [1.165, 1.54) is 6.07 Å². The van der Waals surface area contributed by atoms with Crippen LogP contribution in [0.5, 0.6) is 5.75 Å². The molecule has 0 atom stereocenters. The predicted molar refractivity (Wildman–Crippen MR) is 114 cm³/mol. The number of benzene rings is 2. The summed E-state index contributed by atoms with van der Waals surface area (Å²) in [6.45, 7) is 4.41. The predicted octanol–water partition coefficient (Wildman–Crippen LogP) is 3.38. The van der Waals surface area contributed by atoms with Gasteiger partial charge in [-0.1, -0.05) is 6.07 Å². The highest BCUT2D eigenvalue weighted by Crippen LogP contribution is 2.22. The lowest BCUT2D eigenvalue weighted by Gasteiger charge is -2.29. The van der Waals surface area contributed by atoms with Gasteiger partial charge in [0.2, 0.25) is 0 Å². The molecule has 28 heavy (non-hydrogen) atoms. The van der Waals surface area contributed by atoms with Crippen LogP contribution in [0.3, 0.4) is 0 Å². The first-order chi connectivity index (χ1) is 13.6. The number of nitrogens with zero attached hydrogens (tertiary/aromatic N) is 2. The van der Waals surface area contributed by atoms with Crippen LogP contribution in [0, 0.1) is 5.82 Å². The van der Waals surface area contributed by atoms with Gasteiger partial charge in [-0.25, -0.2) is 4.39 Å². The SMILES string of the molecule is COc1ccc(NC(=S)N/N=C(/C)c2ccc(N3CCOCC3)c(F)c2)cc1. The van der Waals surface area contributed by atoms with Crippen LogP contribution in [-0.4, -0.2) is 44.2 Å². The van der Waals surface area contributed by atoms with E-state index in [4.69, 9.17) is 21.7 Å². The molecule has 6 nitrogen and oxygen atoms in total. The van der Waals surface area contributed by atoms with Crippen molar-refractivity contribution in [2.24, 2.45) is 5.10 Å². The molecule has 1 aliphatic rings. The standard InChI is InChI=1S/C20H23FN4O2S/c1-14(23-24-20(28)22-16-4-6-17(26-2)7-5-16)15-3-8-19(18(21)13-15)25-9-11-27-12-10-25/h3-8,13H,9-12H2,1-2H3,(H2,22,24,28)/b23-14-. The third-order valence-corrected chi connectivity index (χ3v) is 4.58. The monoisotopic (exact) mass is 402 g/mol. The Morgan fingerprint density at radius 3 is 2.54 bits per heavy atom. The highest BCUT2D eigenvalue weighted by atomic mass is 32.1. The Bertz CT molecular complexity index is 852. The van der Waals surface area contributed by atoms with Crippen LogP contribution in [0.4, 0.5) is 15.8 Å². The summed E-state index contributed by atoms with van der Waals surface area (Å²) in [7, 11) is 1.61. The average molecular weight is 402 g/mol. The molecule has 0 unspecified atom stereocenters. The summed E-state index contributed by atoms with van der Waals surface area (Å²) in [4.78, 5) is 1.99. The number of methoxy groups -OCH3 is 1. The average Bonchev–Trinajstić information content (AvgIpc) is 2.73. The minimum atomic E-state index is -0.270. The van der Waals surface area contributed by atoms with Gasteiger partial charge in [0.25, 0.3) is 0 Å². The van der Waals surface area contributed by atoms with E-state index in [9.17, 15) is 4.39 Å². The first-order valence-electron chi connectivity index (χ1n) is 8.95. The molecule has 148 valence electrons. The molecule has 0 spiro atoms. The number of thiocarbonyl (C=S) groups is 1. The molecule has 8 heteroatoms. The maximum atomic E-state index is 14.5. The van der Waals surface area contributed by atoms with E-state index in [1.54, 1.807) is 20.1 Å². The molecule has 0 radical (unpaired) electrons. The summed E-state index contributed by atoms with van der Waals surface area (Å²) in [5, 5.41) is 7.62. The molecule has 0 aromatic heterocycles. The van der Waals surface area contributed by atoms with Gasteiger partial charge in [-0.05, 0) is 55.5 Å². The Morgan fingerprint density at radius 2 is 1.89 bits per heavy atom. The molecule has 2 aromatic rings. The van der Waals surface area contributed by atoms with Gasteiger partial charge in [0.15, 0.2) is 5.11 Å². The van der Waals surface area contributed by atoms with Crippen molar-refractivity contribution in [1.82, 2.24) is 5.43 Å². The van der Waals surface area contributed by atoms with Crippen LogP contribution < -0.4 is 20.4 Å². The number of hydrogen-bond acceptors (Lipinski definition) is 5. The lowest BCUT2D eigenvalue weighted by Crippen LogP contribution is -2.36. The van der Waals surface area contributed by atoms with Crippen molar-refractivity contribution in [3.05, 3.63) is 53.8 Å². The Morgan fingerprint density at radius 1 is 1.18 bits per heavy atom. The molecule has 0 aliphatic carbocycles. The Labute approximate surface area is 169 Å². The normalized spacial score (nSPS) is 14.5. The van der Waals surface area contributed by atoms with Gasteiger partial charge >= 0.3 is 0 Å². The molecule has 0 saturated carbocycles. The smallest absolute Gasteiger partial charge is 0.191 e. The number of rotatable bonds is 5. The number of hydrazone groups is 1. The van der Waals surface area contributed by atoms with Crippen molar-refractivity contribution in [3.8, 4) is 5.75 Å². The molecule has 1 saturated heterocycles. The highest BCUT2D eigenvalue weighted by molar-refractivity contribution is 7.80. The van der Waals surface area contributed by atoms with Crippen molar-refractivity contribution >= 4 is 34.4 Å². The quantitative estimate of drug-likeness (QED) is 0.454. The number of ether oxygens (including phenoxy) is 2. The molecule has 0 amide bonds. The fourth-order valence-electron chi connectivity index (χ4n) is 2.83. The van der Waals surface area contributed by atoms with E-state index in [-0.39, 0.29) is 5.82 Å². The van der Waals surface area contributed by atoms with E-state index in [1.807, 2.05) is 35.2 Å². The van der Waals surface area contributed by atoms with Gasteiger partial charge in [-0.3, -0.25) is 5.43 Å². The second-order valence-corrected chi connectivity index (χ2v) is 6.67. The summed E-state index contributed by atoms with van der Waals surface area (Å²) in [6, 6.07) is 12.5. The number of nitrogens with one attached hydrogen (secondary N) is 2. The summed E-state index contributed by atoms with van der Waals surface area (Å²) in [5.41, 5.74) is 5.50. The number of halogens is 1. The van der Waals surface area contributed by atoms with E-state index in [0.717, 1.165) is 11.4 Å². The number of morpholine rings is 1. The summed E-state index contributed by atoms with van der Waals surface area (Å²) in [5.74, 6) is 0.494. The highest BCUT2D eigenvalue weighted by Gasteiger charge is 2.15. The Hall–Kier alpha value is -2.71. The molecular formula is C20H23FN4O2S. The first-order valence-corrected chi connectivity index (χ1v) is 9.35. The van der Waals surface area contributed by atoms with E-state index < -0.39 is 0 Å². The lowest BCUT2D eigenvalue weighted by molar-refractivity contribution is 0.122. The van der Waals surface area contributed by atoms with Gasteiger partial charge in [-0.15, -0.1) is 0 Å². The van der Waals surface area contributed by atoms with Gasteiger partial charge < -0.3 is 19.7 Å². The van der Waals surface area contributed by atoms with Crippen LogP contribution >= 0.6 is 12.2 Å². The largest absolute Gasteiger partial charge is 0.497 e. The van der Waals surface area contributed by atoms with Crippen molar-refractivity contribution in [2.75, 3.05) is 43.6 Å². The lowest BCUT2D eigenvalue weighted by atomic mass is 10.1. The number of anilines is 2. The van der Waals surface area contributed by atoms with E-state index >= 15 is 0 Å². The maximum absolute atomic E-state index is 14.5. The van der Waals surface area contributed by atoms with E-state index in [0.29, 0.717) is 48.4 Å². The molecular weight excluding hydrogens is 379 g/mol. The summed E-state index contributed by atoms with van der Waals surface area (Å²) >= 11 is 5.24. The van der Waals surface area contributed by atoms with Gasteiger partial charge in [0.1, 0.15) is 11.6 Å². The summed E-state index contributed by atoms with van der Waals surface area (Å²) < 4.78 is 25.0. The van der Waals surface area contributed by atoms with Gasteiger partial charge in [-0.2, -0.15) is 5.10 Å². The zero-order chi connectivity index (χ0) is 19.9. The van der Waals surface area contributed by atoms with Crippen LogP contribution in [0.2, 0.25) is 0 Å². The zero-order valence-electron chi connectivity index (χ0n) is 15.9. The molecule has 2 N–H and O–H groups in total. The minimum Gasteiger partial charge on any atom is -0.497 e. The topological polar surface area (TPSA) is 58.1 Å². The summed E-state index contributed by atoms with van der Waals surface area (Å²) in [6.07, 6.45) is 0. The Kier molecular flexibility index (Phi) is 6.78. The van der Waals surface area contributed by atoms with Gasteiger partial charge in [0.05, 0.1) is 31.7 Å². The molecule has 2 aromatic carbocycles. The molecule has 0 bridgehead atoms. The zero-order valence-corrected chi connectivity index (χ0v) is 16.7. The molecule has 1 aliphatic heterocycles. The molecule has 1 heterocycles. The van der Waals surface area contributed by atoms with Crippen LogP contribution in [-0.2, 0) is 4.74 Å². The van der Waals surface area contributed by atoms with Crippen molar-refractivity contribution in [2.45, 2.75) is 6.92 Å². The fraction of sp³-hybridized carbons (Fsp3) is 0.300. The Balaban J connectivity index is 1.60. The van der Waals surface area contributed by atoms with Crippen molar-refractivity contribution in [3.63, 3.8) is 0 Å². The fourth-order valence-corrected chi connectivity index (χ4v) is 2.99. The van der Waals surface area contributed by atoms with Crippen LogP contribution in [0.1, 0.15) is 12.5 Å². The third kappa shape index (κ3) is 5.17. The van der Waals surface area contributed by atoms with Crippen LogP contribution in [0.15, 0.2) is 47.6 Å². The van der Waals surface area contributed by atoms with Crippen molar-refractivity contribution in [1.29, 1.82) is 0 Å². The third-order valence-electron chi connectivity index (χ3n) is 4.39. The minimum absolute atomic E-state index is 0.270. The molecule has 3 rings (SSSR count). The maximum Gasteiger partial charge on any atom is 0.191 e. The first kappa shape index (κ1) is 20.0. The number of hydrogen-bond donors (Lipinski definition) is 2. The van der Waals surface area contributed by atoms with Crippen molar-refractivity contribution < 1.29 is 13.9 Å². The van der Waals surface area contributed by atoms with Gasteiger partial charge in [0, 0.05) is 24.3 Å². The molecule has 1 fully saturated rings. The second-order valence-electron chi connectivity index (χ2n) is 6.26. The van der Waals surface area contributed by atoms with Crippen LogP contribution in [0.25, 0.3) is 0 Å². The van der Waals surface area contributed by atoms with E-state index in [2.05, 4.69) is 15.8 Å². The second kappa shape index (κ2) is 9.48.